The molecule has 0 fully saturated rings. The molecule has 2 aromatic heterocycles. The molecule has 2 aromatic carbocycles. The predicted octanol–water partition coefficient (Wildman–Crippen LogP) is 3.14. The summed E-state index contributed by atoms with van der Waals surface area (Å²) in [5, 5.41) is 4.82. The number of benzene rings is 2. The summed E-state index contributed by atoms with van der Waals surface area (Å²) in [6.07, 6.45) is 1.55. The molecule has 4 aromatic rings. The SMILES string of the molecule is CCN(Cc1ccc(OC)cc1)c1nc2c(cnn2-c2ccccc2)c(=O)[nH]1. The molecule has 1 N–H and O–H groups in total. The van der Waals surface area contributed by atoms with Crippen LogP contribution in [0.1, 0.15) is 12.5 Å². The molecule has 0 aliphatic rings. The Labute approximate surface area is 162 Å². The number of fused-ring (bicyclic) bond motifs is 1. The van der Waals surface area contributed by atoms with E-state index in [9.17, 15) is 4.79 Å². The van der Waals surface area contributed by atoms with Gasteiger partial charge in [-0.3, -0.25) is 9.78 Å². The van der Waals surface area contributed by atoms with Gasteiger partial charge < -0.3 is 9.64 Å². The minimum absolute atomic E-state index is 0.199. The Kier molecular flexibility index (Phi) is 4.80. The molecule has 2 heterocycles. The molecule has 0 atom stereocenters. The number of ether oxygens (including phenoxy) is 1. The molecule has 0 amide bonds. The second-order valence-corrected chi connectivity index (χ2v) is 6.38. The van der Waals surface area contributed by atoms with E-state index < -0.39 is 0 Å². The molecule has 7 nitrogen and oxygen atoms in total. The number of aromatic amines is 1. The highest BCUT2D eigenvalue weighted by Gasteiger charge is 2.15. The molecule has 0 unspecified atom stereocenters. The maximum Gasteiger partial charge on any atom is 0.263 e. The maximum atomic E-state index is 12.6. The van der Waals surface area contributed by atoms with E-state index in [-0.39, 0.29) is 5.56 Å². The summed E-state index contributed by atoms with van der Waals surface area (Å²) in [4.78, 5) is 22.2. The molecular weight excluding hydrogens is 354 g/mol. The van der Waals surface area contributed by atoms with Crippen LogP contribution in [0.4, 0.5) is 5.95 Å². The van der Waals surface area contributed by atoms with Crippen LogP contribution in [-0.4, -0.2) is 33.4 Å². The number of aromatic nitrogens is 4. The largest absolute Gasteiger partial charge is 0.497 e. The van der Waals surface area contributed by atoms with Crippen molar-refractivity contribution < 1.29 is 4.74 Å². The molecule has 142 valence electrons. The first-order valence-electron chi connectivity index (χ1n) is 9.11. The van der Waals surface area contributed by atoms with Gasteiger partial charge in [0.2, 0.25) is 5.95 Å². The van der Waals surface area contributed by atoms with Crippen molar-refractivity contribution in [3.63, 3.8) is 0 Å². The highest BCUT2D eigenvalue weighted by atomic mass is 16.5. The van der Waals surface area contributed by atoms with Crippen LogP contribution >= 0.6 is 0 Å². The lowest BCUT2D eigenvalue weighted by atomic mass is 10.2. The van der Waals surface area contributed by atoms with Crippen molar-refractivity contribution in [1.29, 1.82) is 0 Å². The van der Waals surface area contributed by atoms with Crippen LogP contribution in [0.15, 0.2) is 65.6 Å². The Morgan fingerprint density at radius 1 is 1.11 bits per heavy atom. The van der Waals surface area contributed by atoms with Gasteiger partial charge in [-0.2, -0.15) is 10.1 Å². The summed E-state index contributed by atoms with van der Waals surface area (Å²) in [5.74, 6) is 1.33. The molecule has 4 rings (SSSR count). The van der Waals surface area contributed by atoms with Gasteiger partial charge in [0.25, 0.3) is 5.56 Å². The molecule has 0 radical (unpaired) electrons. The minimum Gasteiger partial charge on any atom is -0.497 e. The third kappa shape index (κ3) is 3.34. The lowest BCUT2D eigenvalue weighted by Crippen LogP contribution is -2.27. The zero-order chi connectivity index (χ0) is 19.5. The van der Waals surface area contributed by atoms with Crippen molar-refractivity contribution in [2.75, 3.05) is 18.6 Å². The third-order valence-electron chi connectivity index (χ3n) is 4.64. The van der Waals surface area contributed by atoms with Crippen molar-refractivity contribution in [1.82, 2.24) is 19.7 Å². The zero-order valence-corrected chi connectivity index (χ0v) is 15.8. The van der Waals surface area contributed by atoms with E-state index in [2.05, 4.69) is 10.1 Å². The van der Waals surface area contributed by atoms with E-state index in [1.54, 1.807) is 18.0 Å². The number of hydrogen-bond donors (Lipinski definition) is 1. The summed E-state index contributed by atoms with van der Waals surface area (Å²) in [6, 6.07) is 17.5. The Balaban J connectivity index is 1.73. The van der Waals surface area contributed by atoms with Gasteiger partial charge in [0.05, 0.1) is 19.0 Å². The standard InChI is InChI=1S/C21H21N5O2/c1-3-25(14-15-9-11-17(28-2)12-10-15)21-23-19-18(20(27)24-21)13-22-26(19)16-7-5-4-6-8-16/h4-13H,3,14H2,1-2H3,(H,23,24,27). The van der Waals surface area contributed by atoms with Gasteiger partial charge in [-0.25, -0.2) is 4.68 Å². The van der Waals surface area contributed by atoms with Crippen LogP contribution in [0.3, 0.4) is 0 Å². The molecular formula is C21H21N5O2. The number of rotatable bonds is 6. The number of hydrogen-bond acceptors (Lipinski definition) is 5. The molecule has 28 heavy (non-hydrogen) atoms. The van der Waals surface area contributed by atoms with E-state index in [1.165, 1.54) is 0 Å². The number of para-hydroxylation sites is 1. The van der Waals surface area contributed by atoms with Crippen LogP contribution in [-0.2, 0) is 6.54 Å². The monoisotopic (exact) mass is 375 g/mol. The fraction of sp³-hybridized carbons (Fsp3) is 0.190. The van der Waals surface area contributed by atoms with Gasteiger partial charge >= 0.3 is 0 Å². The van der Waals surface area contributed by atoms with Gasteiger partial charge in [-0.15, -0.1) is 0 Å². The van der Waals surface area contributed by atoms with Crippen LogP contribution in [0.2, 0.25) is 0 Å². The maximum absolute atomic E-state index is 12.6. The topological polar surface area (TPSA) is 76.0 Å². The average molecular weight is 375 g/mol. The molecule has 0 saturated heterocycles. The number of nitrogens with one attached hydrogen (secondary N) is 1. The molecule has 0 saturated carbocycles. The first-order valence-corrected chi connectivity index (χ1v) is 9.11. The Morgan fingerprint density at radius 2 is 1.86 bits per heavy atom. The van der Waals surface area contributed by atoms with Gasteiger partial charge in [0.1, 0.15) is 11.1 Å². The molecule has 7 heteroatoms. The summed E-state index contributed by atoms with van der Waals surface area (Å²) >= 11 is 0. The minimum atomic E-state index is -0.199. The second-order valence-electron chi connectivity index (χ2n) is 6.38. The van der Waals surface area contributed by atoms with Crippen LogP contribution in [0.5, 0.6) is 5.75 Å². The summed E-state index contributed by atoms with van der Waals surface area (Å²) in [7, 11) is 1.65. The van der Waals surface area contributed by atoms with Crippen LogP contribution in [0.25, 0.3) is 16.7 Å². The van der Waals surface area contributed by atoms with Gasteiger partial charge in [0.15, 0.2) is 5.65 Å². The Morgan fingerprint density at radius 3 is 2.54 bits per heavy atom. The number of methoxy groups -OCH3 is 1. The highest BCUT2D eigenvalue weighted by Crippen LogP contribution is 2.18. The Hall–Kier alpha value is -3.61. The third-order valence-corrected chi connectivity index (χ3v) is 4.64. The summed E-state index contributed by atoms with van der Waals surface area (Å²) in [5.41, 5.74) is 2.30. The highest BCUT2D eigenvalue weighted by molar-refractivity contribution is 5.76. The second kappa shape index (κ2) is 7.56. The summed E-state index contributed by atoms with van der Waals surface area (Å²) < 4.78 is 6.90. The average Bonchev–Trinajstić information content (AvgIpc) is 3.17. The van der Waals surface area contributed by atoms with Crippen molar-refractivity contribution in [2.45, 2.75) is 13.5 Å². The quantitative estimate of drug-likeness (QED) is 0.560. The van der Waals surface area contributed by atoms with E-state index in [4.69, 9.17) is 9.72 Å². The first kappa shape index (κ1) is 17.8. The number of anilines is 1. The van der Waals surface area contributed by atoms with E-state index in [1.807, 2.05) is 66.4 Å². The molecule has 0 bridgehead atoms. The molecule has 0 aliphatic heterocycles. The lowest BCUT2D eigenvalue weighted by molar-refractivity contribution is 0.414. The normalized spacial score (nSPS) is 10.9. The number of nitrogens with zero attached hydrogens (tertiary/aromatic N) is 4. The van der Waals surface area contributed by atoms with E-state index in [0.29, 0.717) is 30.1 Å². The summed E-state index contributed by atoms with van der Waals surface area (Å²) in [6.45, 7) is 3.34. The van der Waals surface area contributed by atoms with Crippen molar-refractivity contribution >= 4 is 17.0 Å². The predicted molar refractivity (Wildman–Crippen MR) is 109 cm³/mol. The van der Waals surface area contributed by atoms with Crippen molar-refractivity contribution in [3.8, 4) is 11.4 Å². The fourth-order valence-electron chi connectivity index (χ4n) is 3.10. The first-order chi connectivity index (χ1) is 13.7. The smallest absolute Gasteiger partial charge is 0.263 e. The molecule has 0 aliphatic carbocycles. The van der Waals surface area contributed by atoms with Gasteiger partial charge in [-0.1, -0.05) is 30.3 Å². The van der Waals surface area contributed by atoms with Crippen molar-refractivity contribution in [2.24, 2.45) is 0 Å². The van der Waals surface area contributed by atoms with Gasteiger partial charge in [-0.05, 0) is 36.8 Å². The van der Waals surface area contributed by atoms with Crippen molar-refractivity contribution in [3.05, 3.63) is 76.7 Å². The fourth-order valence-corrected chi connectivity index (χ4v) is 3.10. The Bertz CT molecular complexity index is 1130. The lowest BCUT2D eigenvalue weighted by Gasteiger charge is -2.21. The van der Waals surface area contributed by atoms with E-state index in [0.717, 1.165) is 17.0 Å². The van der Waals surface area contributed by atoms with Crippen LogP contribution in [0, 0.1) is 0 Å². The van der Waals surface area contributed by atoms with E-state index >= 15 is 0 Å². The zero-order valence-electron chi connectivity index (χ0n) is 15.8. The van der Waals surface area contributed by atoms with Crippen LogP contribution < -0.4 is 15.2 Å². The van der Waals surface area contributed by atoms with Gasteiger partial charge in [0, 0.05) is 13.1 Å². The molecule has 0 spiro atoms. The number of H-pyrrole nitrogens is 1.